The minimum Gasteiger partial charge on any atom is -0.397 e. The number of carbonyl (C=O) groups excluding carboxylic acids is 1. The molecule has 0 aliphatic heterocycles. The van der Waals surface area contributed by atoms with Crippen molar-refractivity contribution >= 4 is 38.8 Å². The van der Waals surface area contributed by atoms with E-state index in [1.807, 2.05) is 0 Å². The van der Waals surface area contributed by atoms with E-state index < -0.39 is 11.7 Å². The van der Waals surface area contributed by atoms with Crippen LogP contribution in [0.5, 0.6) is 0 Å². The van der Waals surface area contributed by atoms with Crippen LogP contribution in [-0.2, 0) is 0 Å². The third kappa shape index (κ3) is 2.46. The number of thiophene rings is 1. The van der Waals surface area contributed by atoms with E-state index in [1.54, 1.807) is 13.0 Å². The molecule has 0 aliphatic rings. The lowest BCUT2D eigenvalue weighted by Gasteiger charge is -2.04. The van der Waals surface area contributed by atoms with E-state index in [2.05, 4.69) is 10.3 Å². The maximum atomic E-state index is 13.2. The van der Waals surface area contributed by atoms with Crippen molar-refractivity contribution in [3.8, 4) is 0 Å². The molecule has 5 nitrogen and oxygen atoms in total. The van der Waals surface area contributed by atoms with Gasteiger partial charge in [-0.15, -0.1) is 11.3 Å². The Morgan fingerprint density at radius 1 is 1.36 bits per heavy atom. The molecule has 1 amide bonds. The number of hydrogen-bond acceptors (Lipinski definition) is 4. The number of aromatic nitrogens is 1. The molecule has 0 atom stereocenters. The molecule has 3 aromatic rings. The third-order valence-corrected chi connectivity index (χ3v) is 4.33. The highest BCUT2D eigenvalue weighted by Gasteiger charge is 2.18. The maximum absolute atomic E-state index is 13.2. The fourth-order valence-corrected chi connectivity index (χ4v) is 3.35. The van der Waals surface area contributed by atoms with Crippen LogP contribution in [0.25, 0.3) is 10.2 Å². The predicted octanol–water partition coefficient (Wildman–Crippen LogP) is 2.87. The number of aryl methyl sites for hydroxylation is 1. The Hall–Kier alpha value is -2.67. The summed E-state index contributed by atoms with van der Waals surface area (Å²) in [5.41, 5.74) is 7.13. The Labute approximate surface area is 128 Å². The lowest BCUT2D eigenvalue weighted by atomic mass is 10.1. The molecule has 0 radical (unpaired) electrons. The van der Waals surface area contributed by atoms with Crippen molar-refractivity contribution in [1.82, 2.24) is 4.98 Å². The summed E-state index contributed by atoms with van der Waals surface area (Å²) < 4.78 is 13.2. The number of carbonyl (C=O) groups is 1. The van der Waals surface area contributed by atoms with E-state index in [9.17, 15) is 14.0 Å². The minimum atomic E-state index is -0.442. The summed E-state index contributed by atoms with van der Waals surface area (Å²) in [6, 6.07) is 7.02. The van der Waals surface area contributed by atoms with E-state index in [0.717, 1.165) is 11.3 Å². The molecule has 0 bridgehead atoms. The first kappa shape index (κ1) is 14.3. The summed E-state index contributed by atoms with van der Waals surface area (Å²) in [5, 5.41) is 3.26. The zero-order valence-corrected chi connectivity index (χ0v) is 12.4. The van der Waals surface area contributed by atoms with Gasteiger partial charge in [0.2, 0.25) is 5.56 Å². The van der Waals surface area contributed by atoms with Crippen LogP contribution in [0.2, 0.25) is 0 Å². The largest absolute Gasteiger partial charge is 0.397 e. The Balaban J connectivity index is 2.03. The van der Waals surface area contributed by atoms with Crippen molar-refractivity contribution in [1.29, 1.82) is 0 Å². The third-order valence-electron chi connectivity index (χ3n) is 3.21. The standard InChI is InChI=1S/C15H12FN3O2S/c1-7-5-10(20)19-15-11(7)12(17)13(22-15)14(21)18-9-4-2-3-8(16)6-9/h2-6H,17H2,1H3,(H,18,21)(H,19,20). The van der Waals surface area contributed by atoms with Gasteiger partial charge >= 0.3 is 0 Å². The van der Waals surface area contributed by atoms with Crippen LogP contribution < -0.4 is 16.6 Å². The summed E-state index contributed by atoms with van der Waals surface area (Å²) in [4.78, 5) is 27.3. The summed E-state index contributed by atoms with van der Waals surface area (Å²) >= 11 is 1.10. The number of pyridine rings is 1. The van der Waals surface area contributed by atoms with Gasteiger partial charge in [0.1, 0.15) is 15.5 Å². The van der Waals surface area contributed by atoms with Gasteiger partial charge in [0, 0.05) is 17.1 Å². The summed E-state index contributed by atoms with van der Waals surface area (Å²) in [6.07, 6.45) is 0. The van der Waals surface area contributed by atoms with Crippen LogP contribution in [-0.4, -0.2) is 10.9 Å². The highest BCUT2D eigenvalue weighted by atomic mass is 32.1. The molecule has 7 heteroatoms. The number of benzene rings is 1. The molecule has 0 aliphatic carbocycles. The van der Waals surface area contributed by atoms with Gasteiger partial charge in [-0.25, -0.2) is 4.39 Å². The lowest BCUT2D eigenvalue weighted by molar-refractivity contribution is 0.103. The van der Waals surface area contributed by atoms with Crippen LogP contribution in [0, 0.1) is 12.7 Å². The molecule has 4 N–H and O–H groups in total. The molecule has 0 saturated carbocycles. The zero-order chi connectivity index (χ0) is 15.9. The van der Waals surface area contributed by atoms with Crippen LogP contribution in [0.15, 0.2) is 35.1 Å². The molecule has 0 fully saturated rings. The number of amides is 1. The number of anilines is 2. The molecule has 0 spiro atoms. The van der Waals surface area contributed by atoms with Gasteiger partial charge < -0.3 is 16.0 Å². The molecule has 0 saturated heterocycles. The van der Waals surface area contributed by atoms with E-state index in [4.69, 9.17) is 5.73 Å². The average molecular weight is 317 g/mol. The summed E-state index contributed by atoms with van der Waals surface area (Å²) in [7, 11) is 0. The quantitative estimate of drug-likeness (QED) is 0.679. The SMILES string of the molecule is Cc1cc(=O)[nH]c2sc(C(=O)Nc3cccc(F)c3)c(N)c12. The Morgan fingerprint density at radius 2 is 2.14 bits per heavy atom. The maximum Gasteiger partial charge on any atom is 0.267 e. The second-order valence-corrected chi connectivity index (χ2v) is 5.85. The second kappa shape index (κ2) is 5.27. The van der Waals surface area contributed by atoms with Crippen molar-refractivity contribution in [2.45, 2.75) is 6.92 Å². The molecule has 22 heavy (non-hydrogen) atoms. The van der Waals surface area contributed by atoms with Gasteiger partial charge in [-0.3, -0.25) is 9.59 Å². The Morgan fingerprint density at radius 3 is 2.86 bits per heavy atom. The van der Waals surface area contributed by atoms with E-state index >= 15 is 0 Å². The lowest BCUT2D eigenvalue weighted by Crippen LogP contribution is -2.12. The first-order chi connectivity index (χ1) is 10.5. The number of aromatic amines is 1. The molecule has 0 unspecified atom stereocenters. The molecule has 1 aromatic carbocycles. The van der Waals surface area contributed by atoms with Gasteiger partial charge in [-0.2, -0.15) is 0 Å². The minimum absolute atomic E-state index is 0.247. The number of nitrogen functional groups attached to an aromatic ring is 1. The van der Waals surface area contributed by atoms with Gasteiger partial charge in [0.05, 0.1) is 5.69 Å². The van der Waals surface area contributed by atoms with Crippen LogP contribution >= 0.6 is 11.3 Å². The monoisotopic (exact) mass is 317 g/mol. The van der Waals surface area contributed by atoms with Crippen LogP contribution in [0.3, 0.4) is 0 Å². The number of fused-ring (bicyclic) bond motifs is 1. The second-order valence-electron chi connectivity index (χ2n) is 4.83. The Bertz CT molecular complexity index is 946. The molecular weight excluding hydrogens is 305 g/mol. The Kier molecular flexibility index (Phi) is 3.42. The number of hydrogen-bond donors (Lipinski definition) is 3. The van der Waals surface area contributed by atoms with Crippen molar-refractivity contribution in [3.05, 3.63) is 56.9 Å². The number of nitrogens with one attached hydrogen (secondary N) is 2. The molecule has 3 rings (SSSR count). The molecule has 112 valence electrons. The number of H-pyrrole nitrogens is 1. The van der Waals surface area contributed by atoms with E-state index in [1.165, 1.54) is 24.3 Å². The summed E-state index contributed by atoms with van der Waals surface area (Å²) in [6.45, 7) is 1.76. The van der Waals surface area contributed by atoms with Crippen LogP contribution in [0.4, 0.5) is 15.8 Å². The number of nitrogens with two attached hydrogens (primary N) is 1. The zero-order valence-electron chi connectivity index (χ0n) is 11.6. The van der Waals surface area contributed by atoms with Crippen molar-refractivity contribution in [2.75, 3.05) is 11.1 Å². The smallest absolute Gasteiger partial charge is 0.267 e. The van der Waals surface area contributed by atoms with Crippen molar-refractivity contribution in [3.63, 3.8) is 0 Å². The first-order valence-corrected chi connectivity index (χ1v) is 7.26. The van der Waals surface area contributed by atoms with Crippen molar-refractivity contribution < 1.29 is 9.18 Å². The number of halogens is 1. The van der Waals surface area contributed by atoms with Crippen LogP contribution in [0.1, 0.15) is 15.2 Å². The topological polar surface area (TPSA) is 88.0 Å². The van der Waals surface area contributed by atoms with Gasteiger partial charge in [-0.1, -0.05) is 6.07 Å². The molecule has 2 heterocycles. The fraction of sp³-hybridized carbons (Fsp3) is 0.0667. The fourth-order valence-electron chi connectivity index (χ4n) is 2.26. The average Bonchev–Trinajstić information content (AvgIpc) is 2.76. The summed E-state index contributed by atoms with van der Waals surface area (Å²) in [5.74, 6) is -0.883. The first-order valence-electron chi connectivity index (χ1n) is 6.44. The highest BCUT2D eigenvalue weighted by molar-refractivity contribution is 7.21. The van der Waals surface area contributed by atoms with Gasteiger partial charge in [0.15, 0.2) is 0 Å². The highest BCUT2D eigenvalue weighted by Crippen LogP contribution is 2.34. The molecule has 2 aromatic heterocycles. The van der Waals surface area contributed by atoms with Gasteiger partial charge in [0.25, 0.3) is 5.91 Å². The van der Waals surface area contributed by atoms with E-state index in [-0.39, 0.29) is 10.4 Å². The number of rotatable bonds is 2. The van der Waals surface area contributed by atoms with Gasteiger partial charge in [-0.05, 0) is 30.7 Å². The molecular formula is C15H12FN3O2S. The predicted molar refractivity (Wildman–Crippen MR) is 85.9 cm³/mol. The van der Waals surface area contributed by atoms with E-state index in [0.29, 0.717) is 27.2 Å². The van der Waals surface area contributed by atoms with Crippen molar-refractivity contribution in [2.24, 2.45) is 0 Å². The normalized spacial score (nSPS) is 10.8.